The molecule has 6 heteroatoms. The molecule has 0 aromatic rings. The van der Waals surface area contributed by atoms with Crippen molar-refractivity contribution in [1.82, 2.24) is 4.90 Å². The van der Waals surface area contributed by atoms with Gasteiger partial charge in [-0.3, -0.25) is 4.79 Å². The van der Waals surface area contributed by atoms with Crippen LogP contribution < -0.4 is 0 Å². The van der Waals surface area contributed by atoms with E-state index in [-0.39, 0.29) is 5.91 Å². The summed E-state index contributed by atoms with van der Waals surface area (Å²) in [6.07, 6.45) is 1.08. The molecule has 1 amide bonds. The molecule has 0 saturated carbocycles. The lowest BCUT2D eigenvalue weighted by Crippen LogP contribution is -2.44. The van der Waals surface area contributed by atoms with E-state index < -0.39 is 15.1 Å². The van der Waals surface area contributed by atoms with Crippen LogP contribution in [0.15, 0.2) is 0 Å². The van der Waals surface area contributed by atoms with Crippen LogP contribution in [0.4, 0.5) is 0 Å². The van der Waals surface area contributed by atoms with E-state index in [9.17, 15) is 13.2 Å². The Kier molecular flexibility index (Phi) is 6.70. The first-order chi connectivity index (χ1) is 7.70. The van der Waals surface area contributed by atoms with Crippen molar-refractivity contribution in [2.45, 2.75) is 26.0 Å². The van der Waals surface area contributed by atoms with Crippen LogP contribution in [0, 0.1) is 5.92 Å². The normalized spacial score (nSPS) is 13.8. The highest BCUT2D eigenvalue weighted by atomic mass is 32.2. The summed E-state index contributed by atoms with van der Waals surface area (Å²) in [6, 6.07) is 0. The first kappa shape index (κ1) is 16.4. The Hall–Kier alpha value is -0.620. The molecule has 1 unspecified atom stereocenters. The highest BCUT2D eigenvalue weighted by Gasteiger charge is 2.28. The van der Waals surface area contributed by atoms with Crippen LogP contribution in [0.2, 0.25) is 0 Å². The number of ether oxygens (including phenoxy) is 1. The summed E-state index contributed by atoms with van der Waals surface area (Å²) in [5, 5.41) is -0.988. The maximum atomic E-state index is 12.0. The average molecular weight is 265 g/mol. The predicted octanol–water partition coefficient (Wildman–Crippen LogP) is 0.551. The average Bonchev–Trinajstić information content (AvgIpc) is 2.20. The lowest BCUT2D eigenvalue weighted by molar-refractivity contribution is -0.131. The van der Waals surface area contributed by atoms with Crippen molar-refractivity contribution in [1.29, 1.82) is 0 Å². The molecule has 0 saturated heterocycles. The lowest BCUT2D eigenvalue weighted by atomic mass is 10.2. The van der Waals surface area contributed by atoms with E-state index in [1.807, 2.05) is 13.8 Å². The molecule has 0 aliphatic rings. The van der Waals surface area contributed by atoms with Gasteiger partial charge in [0.1, 0.15) is 5.25 Å². The summed E-state index contributed by atoms with van der Waals surface area (Å²) in [4.78, 5) is 13.6. The summed E-state index contributed by atoms with van der Waals surface area (Å²) in [5.74, 6) is -0.0548. The lowest BCUT2D eigenvalue weighted by Gasteiger charge is -2.26. The molecule has 0 aliphatic carbocycles. The van der Waals surface area contributed by atoms with Crippen LogP contribution in [0.25, 0.3) is 0 Å². The van der Waals surface area contributed by atoms with Gasteiger partial charge in [0.05, 0.1) is 6.61 Å². The smallest absolute Gasteiger partial charge is 0.240 e. The van der Waals surface area contributed by atoms with Crippen molar-refractivity contribution in [2.75, 3.05) is 33.1 Å². The molecule has 0 aromatic carbocycles. The van der Waals surface area contributed by atoms with Crippen LogP contribution >= 0.6 is 0 Å². The minimum Gasteiger partial charge on any atom is -0.383 e. The van der Waals surface area contributed by atoms with E-state index in [2.05, 4.69) is 0 Å². The van der Waals surface area contributed by atoms with Gasteiger partial charge in [-0.15, -0.1) is 0 Å². The van der Waals surface area contributed by atoms with E-state index in [4.69, 9.17) is 4.74 Å². The Morgan fingerprint density at radius 1 is 1.29 bits per heavy atom. The molecule has 5 nitrogen and oxygen atoms in total. The number of hydrogen-bond acceptors (Lipinski definition) is 4. The molecule has 0 N–H and O–H groups in total. The fourth-order valence-electron chi connectivity index (χ4n) is 1.37. The van der Waals surface area contributed by atoms with E-state index >= 15 is 0 Å². The molecule has 0 heterocycles. The molecule has 0 radical (unpaired) electrons. The fraction of sp³-hybridized carbons (Fsp3) is 0.909. The molecule has 0 bridgehead atoms. The Bertz CT molecular complexity index is 337. The summed E-state index contributed by atoms with van der Waals surface area (Å²) < 4.78 is 27.6. The van der Waals surface area contributed by atoms with Crippen molar-refractivity contribution in [3.8, 4) is 0 Å². The molecule has 0 aliphatic heterocycles. The molecule has 17 heavy (non-hydrogen) atoms. The van der Waals surface area contributed by atoms with Crippen LogP contribution in [-0.2, 0) is 19.4 Å². The van der Waals surface area contributed by atoms with Crippen molar-refractivity contribution < 1.29 is 17.9 Å². The zero-order valence-electron chi connectivity index (χ0n) is 11.3. The van der Waals surface area contributed by atoms with Crippen LogP contribution in [0.1, 0.15) is 20.8 Å². The minimum atomic E-state index is -3.34. The molecule has 102 valence electrons. The van der Waals surface area contributed by atoms with Gasteiger partial charge in [0, 0.05) is 26.5 Å². The Morgan fingerprint density at radius 3 is 2.18 bits per heavy atom. The zero-order valence-corrected chi connectivity index (χ0v) is 12.1. The van der Waals surface area contributed by atoms with Gasteiger partial charge in [-0.25, -0.2) is 8.42 Å². The van der Waals surface area contributed by atoms with Gasteiger partial charge >= 0.3 is 0 Å². The number of methoxy groups -OCH3 is 1. The zero-order chi connectivity index (χ0) is 13.6. The Morgan fingerprint density at radius 2 is 1.82 bits per heavy atom. The van der Waals surface area contributed by atoms with Crippen molar-refractivity contribution in [2.24, 2.45) is 5.92 Å². The monoisotopic (exact) mass is 265 g/mol. The quantitative estimate of drug-likeness (QED) is 0.674. The fourth-order valence-corrected chi connectivity index (χ4v) is 1.89. The Balaban J connectivity index is 4.73. The van der Waals surface area contributed by atoms with E-state index in [0.717, 1.165) is 6.26 Å². The van der Waals surface area contributed by atoms with Crippen molar-refractivity contribution >= 4 is 15.7 Å². The molecule has 0 fully saturated rings. The van der Waals surface area contributed by atoms with Gasteiger partial charge < -0.3 is 9.64 Å². The standard InChI is InChI=1S/C11H23NO4S/c1-9(2)8-12(6-7-16-4)11(13)10(3)17(5,14)15/h9-10H,6-8H2,1-5H3. The third kappa shape index (κ3) is 6.02. The predicted molar refractivity (Wildman–Crippen MR) is 67.6 cm³/mol. The summed E-state index contributed by atoms with van der Waals surface area (Å²) in [6.45, 7) is 6.78. The third-order valence-electron chi connectivity index (χ3n) is 2.45. The maximum Gasteiger partial charge on any atom is 0.240 e. The first-order valence-corrected chi connectivity index (χ1v) is 7.62. The van der Waals surface area contributed by atoms with Crippen molar-refractivity contribution in [3.05, 3.63) is 0 Å². The summed E-state index contributed by atoms with van der Waals surface area (Å²) >= 11 is 0. The highest BCUT2D eigenvalue weighted by Crippen LogP contribution is 2.07. The number of rotatable bonds is 7. The second kappa shape index (κ2) is 6.96. The van der Waals surface area contributed by atoms with Crippen LogP contribution in [0.3, 0.4) is 0 Å². The van der Waals surface area contributed by atoms with Crippen LogP contribution in [0.5, 0.6) is 0 Å². The Labute approximate surface area is 104 Å². The minimum absolute atomic E-state index is 0.294. The molecule has 1 atom stereocenters. The second-order valence-corrected chi connectivity index (χ2v) is 7.01. The van der Waals surface area contributed by atoms with Gasteiger partial charge in [0.25, 0.3) is 0 Å². The van der Waals surface area contributed by atoms with Gasteiger partial charge in [0.15, 0.2) is 9.84 Å². The number of carbonyl (C=O) groups excluding carboxylic acids is 1. The number of sulfone groups is 1. The molecular formula is C11H23NO4S. The van der Waals surface area contributed by atoms with Gasteiger partial charge in [-0.2, -0.15) is 0 Å². The molecule has 0 rings (SSSR count). The van der Waals surface area contributed by atoms with Crippen molar-refractivity contribution in [3.63, 3.8) is 0 Å². The largest absolute Gasteiger partial charge is 0.383 e. The number of nitrogens with zero attached hydrogens (tertiary/aromatic N) is 1. The SMILES string of the molecule is COCCN(CC(C)C)C(=O)C(C)S(C)(=O)=O. The van der Waals surface area contributed by atoms with Gasteiger partial charge in [-0.1, -0.05) is 13.8 Å². The topological polar surface area (TPSA) is 63.7 Å². The number of hydrogen-bond donors (Lipinski definition) is 0. The molecular weight excluding hydrogens is 242 g/mol. The first-order valence-electron chi connectivity index (χ1n) is 5.66. The number of carbonyl (C=O) groups is 1. The van der Waals surface area contributed by atoms with E-state index in [1.54, 1.807) is 12.0 Å². The van der Waals surface area contributed by atoms with Gasteiger partial charge in [0.2, 0.25) is 5.91 Å². The maximum absolute atomic E-state index is 12.0. The van der Waals surface area contributed by atoms with Gasteiger partial charge in [-0.05, 0) is 12.8 Å². The summed E-state index contributed by atoms with van der Waals surface area (Å²) in [7, 11) is -1.79. The van der Waals surface area contributed by atoms with Crippen LogP contribution in [-0.4, -0.2) is 57.5 Å². The number of amides is 1. The van der Waals surface area contributed by atoms with E-state index in [1.165, 1.54) is 6.92 Å². The summed E-state index contributed by atoms with van der Waals surface area (Å²) in [5.41, 5.74) is 0. The highest BCUT2D eigenvalue weighted by molar-refractivity contribution is 7.92. The molecule has 0 spiro atoms. The third-order valence-corrected chi connectivity index (χ3v) is 3.94. The molecule has 0 aromatic heterocycles. The van der Waals surface area contributed by atoms with E-state index in [0.29, 0.717) is 25.6 Å². The second-order valence-electron chi connectivity index (χ2n) is 4.64.